The summed E-state index contributed by atoms with van der Waals surface area (Å²) in [5, 5.41) is 2.07. The number of hydrogen-bond donors (Lipinski definition) is 1. The molecule has 2 rings (SSSR count). The van der Waals surface area contributed by atoms with Crippen molar-refractivity contribution in [1.82, 2.24) is 9.29 Å². The Morgan fingerprint density at radius 1 is 1.12 bits per heavy atom. The van der Waals surface area contributed by atoms with Crippen LogP contribution in [-0.2, 0) is 14.8 Å². The van der Waals surface area contributed by atoms with E-state index in [0.717, 1.165) is 0 Å². The molecule has 2 heterocycles. The van der Waals surface area contributed by atoms with Gasteiger partial charge < -0.3 is 10.1 Å². The van der Waals surface area contributed by atoms with E-state index >= 15 is 0 Å². The largest absolute Gasteiger partial charge is 0.379 e. The first-order chi connectivity index (χ1) is 11.1. The van der Waals surface area contributed by atoms with Crippen molar-refractivity contribution in [2.24, 2.45) is 0 Å². The Bertz CT molecular complexity index is 681. The molecule has 0 aromatic carbocycles. The first kappa shape index (κ1) is 18.9. The first-order valence-corrected chi connectivity index (χ1v) is 8.80. The van der Waals surface area contributed by atoms with Crippen LogP contribution in [0.5, 0.6) is 0 Å². The predicted octanol–water partition coefficient (Wildman–Crippen LogP) is 1.49. The highest BCUT2D eigenvalue weighted by atomic mass is 32.2. The number of halogens is 4. The van der Waals surface area contributed by atoms with Crippen molar-refractivity contribution in [3.63, 3.8) is 0 Å². The number of aromatic nitrogens is 1. The fourth-order valence-electron chi connectivity index (χ4n) is 2.43. The van der Waals surface area contributed by atoms with E-state index < -0.39 is 51.5 Å². The van der Waals surface area contributed by atoms with Crippen LogP contribution in [0.4, 0.5) is 23.2 Å². The summed E-state index contributed by atoms with van der Waals surface area (Å²) >= 11 is 0. The predicted molar refractivity (Wildman–Crippen MR) is 77.9 cm³/mol. The number of nitrogens with zero attached hydrogens (tertiary/aromatic N) is 2. The lowest BCUT2D eigenvalue weighted by Crippen LogP contribution is -2.49. The summed E-state index contributed by atoms with van der Waals surface area (Å²) in [6.45, 7) is 3.34. The molecule has 6 nitrogen and oxygen atoms in total. The average Bonchev–Trinajstić information content (AvgIpc) is 2.48. The molecule has 11 heteroatoms. The van der Waals surface area contributed by atoms with E-state index in [2.05, 4.69) is 10.3 Å². The third kappa shape index (κ3) is 4.14. The summed E-state index contributed by atoms with van der Waals surface area (Å²) in [6.07, 6.45) is -0.565. The normalized spacial score (nSPS) is 22.6. The number of ether oxygens (including phenoxy) is 1. The van der Waals surface area contributed by atoms with Crippen molar-refractivity contribution in [2.45, 2.75) is 26.1 Å². The van der Waals surface area contributed by atoms with Gasteiger partial charge in [-0.25, -0.2) is 8.42 Å². The van der Waals surface area contributed by atoms with Crippen molar-refractivity contribution in [3.05, 3.63) is 23.5 Å². The lowest BCUT2D eigenvalue weighted by atomic mass is 10.3. The van der Waals surface area contributed by atoms with Crippen LogP contribution in [0.3, 0.4) is 0 Å². The Kier molecular flexibility index (Phi) is 5.66. The molecule has 0 radical (unpaired) electrons. The third-order valence-electron chi connectivity index (χ3n) is 3.44. The molecule has 1 aromatic heterocycles. The van der Waals surface area contributed by atoms with Gasteiger partial charge in [-0.2, -0.15) is 26.9 Å². The SMILES string of the molecule is CC1CN(S(=O)(=O)CCNc2c(F)c(F)nc(F)c2F)CC(C)O1. The standard InChI is InChI=1S/C13H17F4N3O3S/c1-7-5-20(6-8(2)23-7)24(21,22)4-3-18-11-9(14)12(16)19-13(17)10(11)15/h7-8H,3-6H2,1-2H3,(H,18,19). The summed E-state index contributed by atoms with van der Waals surface area (Å²) in [4.78, 5) is 2.42. The van der Waals surface area contributed by atoms with Gasteiger partial charge in [0.2, 0.25) is 21.7 Å². The van der Waals surface area contributed by atoms with Crippen LogP contribution in [0.15, 0.2) is 0 Å². The van der Waals surface area contributed by atoms with Crippen molar-refractivity contribution in [1.29, 1.82) is 0 Å². The fraction of sp³-hybridized carbons (Fsp3) is 0.615. The second-order valence-corrected chi connectivity index (χ2v) is 7.60. The Morgan fingerprint density at radius 2 is 1.62 bits per heavy atom. The fourth-order valence-corrected chi connectivity index (χ4v) is 3.93. The maximum absolute atomic E-state index is 13.4. The summed E-state index contributed by atoms with van der Waals surface area (Å²) in [5.41, 5.74) is -1.08. The summed E-state index contributed by atoms with van der Waals surface area (Å²) in [7, 11) is -3.72. The minimum absolute atomic E-state index is 0.161. The Hall–Kier alpha value is -1.46. The molecule has 1 saturated heterocycles. The Balaban J connectivity index is 2.04. The molecule has 0 spiro atoms. The molecule has 1 aliphatic heterocycles. The van der Waals surface area contributed by atoms with Gasteiger partial charge in [0.1, 0.15) is 5.69 Å². The highest BCUT2D eigenvalue weighted by Crippen LogP contribution is 2.22. The van der Waals surface area contributed by atoms with Crippen LogP contribution < -0.4 is 5.32 Å². The zero-order valence-electron chi connectivity index (χ0n) is 13.0. The van der Waals surface area contributed by atoms with E-state index in [4.69, 9.17) is 4.74 Å². The zero-order chi connectivity index (χ0) is 18.1. The molecule has 1 fully saturated rings. The molecule has 1 aliphatic rings. The van der Waals surface area contributed by atoms with E-state index in [-0.39, 0.29) is 25.3 Å². The maximum Gasteiger partial charge on any atom is 0.253 e. The highest BCUT2D eigenvalue weighted by Gasteiger charge is 2.31. The van der Waals surface area contributed by atoms with Crippen molar-refractivity contribution in [3.8, 4) is 0 Å². The minimum Gasteiger partial charge on any atom is -0.379 e. The zero-order valence-corrected chi connectivity index (χ0v) is 13.8. The van der Waals surface area contributed by atoms with E-state index in [9.17, 15) is 26.0 Å². The van der Waals surface area contributed by atoms with E-state index in [1.54, 1.807) is 13.8 Å². The number of rotatable bonds is 5. The van der Waals surface area contributed by atoms with Crippen molar-refractivity contribution >= 4 is 15.7 Å². The van der Waals surface area contributed by atoms with Gasteiger partial charge in [-0.1, -0.05) is 0 Å². The Labute approximate surface area is 136 Å². The number of pyridine rings is 1. The first-order valence-electron chi connectivity index (χ1n) is 7.19. The van der Waals surface area contributed by atoms with Gasteiger partial charge in [0.25, 0.3) is 11.9 Å². The van der Waals surface area contributed by atoms with Gasteiger partial charge in [-0.3, -0.25) is 0 Å². The third-order valence-corrected chi connectivity index (χ3v) is 5.24. The molecule has 0 bridgehead atoms. The van der Waals surface area contributed by atoms with Gasteiger partial charge in [0.15, 0.2) is 0 Å². The highest BCUT2D eigenvalue weighted by molar-refractivity contribution is 7.89. The number of anilines is 1. The number of nitrogens with one attached hydrogen (secondary N) is 1. The Morgan fingerprint density at radius 3 is 2.12 bits per heavy atom. The smallest absolute Gasteiger partial charge is 0.253 e. The molecule has 24 heavy (non-hydrogen) atoms. The van der Waals surface area contributed by atoms with Gasteiger partial charge in [-0.05, 0) is 13.8 Å². The maximum atomic E-state index is 13.4. The van der Waals surface area contributed by atoms with Gasteiger partial charge in [0, 0.05) is 19.6 Å². The van der Waals surface area contributed by atoms with E-state index in [1.807, 2.05) is 0 Å². The van der Waals surface area contributed by atoms with Crippen LogP contribution >= 0.6 is 0 Å². The lowest BCUT2D eigenvalue weighted by Gasteiger charge is -2.34. The molecular weight excluding hydrogens is 354 g/mol. The molecule has 2 unspecified atom stereocenters. The van der Waals surface area contributed by atoms with Gasteiger partial charge in [-0.15, -0.1) is 0 Å². The van der Waals surface area contributed by atoms with Crippen LogP contribution in [0.2, 0.25) is 0 Å². The average molecular weight is 371 g/mol. The molecule has 2 atom stereocenters. The van der Waals surface area contributed by atoms with Gasteiger partial charge in [0.05, 0.1) is 18.0 Å². The molecule has 0 amide bonds. The van der Waals surface area contributed by atoms with E-state index in [0.29, 0.717) is 0 Å². The van der Waals surface area contributed by atoms with Crippen molar-refractivity contribution in [2.75, 3.05) is 30.7 Å². The minimum atomic E-state index is -3.72. The summed E-state index contributed by atoms with van der Waals surface area (Å²) in [5.74, 6) is -7.54. The number of sulfonamides is 1. The second-order valence-electron chi connectivity index (χ2n) is 5.51. The molecule has 136 valence electrons. The van der Waals surface area contributed by atoms with Crippen LogP contribution in [0, 0.1) is 23.5 Å². The molecule has 0 saturated carbocycles. The number of hydrogen-bond acceptors (Lipinski definition) is 5. The quantitative estimate of drug-likeness (QED) is 0.627. The molecular formula is C13H17F4N3O3S. The monoisotopic (exact) mass is 371 g/mol. The molecule has 1 N–H and O–H groups in total. The van der Waals surface area contributed by atoms with E-state index in [1.165, 1.54) is 4.31 Å². The van der Waals surface area contributed by atoms with Crippen molar-refractivity contribution < 1.29 is 30.7 Å². The topological polar surface area (TPSA) is 71.5 Å². The lowest BCUT2D eigenvalue weighted by molar-refractivity contribution is -0.0440. The second kappa shape index (κ2) is 7.19. The van der Waals surface area contributed by atoms with Crippen LogP contribution in [-0.4, -0.2) is 55.3 Å². The number of morpholine rings is 1. The van der Waals surface area contributed by atoms with Crippen LogP contribution in [0.25, 0.3) is 0 Å². The molecule has 1 aromatic rings. The summed E-state index contributed by atoms with van der Waals surface area (Å²) < 4.78 is 84.0. The van der Waals surface area contributed by atoms with Crippen LogP contribution in [0.1, 0.15) is 13.8 Å². The summed E-state index contributed by atoms with van der Waals surface area (Å²) in [6, 6.07) is 0. The van der Waals surface area contributed by atoms with Gasteiger partial charge >= 0.3 is 0 Å². The molecule has 0 aliphatic carbocycles.